The van der Waals surface area contributed by atoms with E-state index in [4.69, 9.17) is 0 Å². The van der Waals surface area contributed by atoms with Crippen LogP contribution in [0.1, 0.15) is 79.3 Å². The van der Waals surface area contributed by atoms with Gasteiger partial charge in [0.15, 0.2) is 5.69 Å². The SMILES string of the molecule is CC1=C(CNC(=O)c2cn(-c3ccc4c(c3)CN(C3CCC(=O)NC3=O)C4=O)nn2)C(C)(C)CCC1. The first kappa shape index (κ1) is 23.9. The lowest BCUT2D eigenvalue weighted by molar-refractivity contribution is -0.136. The topological polar surface area (TPSA) is 126 Å². The second kappa shape index (κ2) is 9.00. The van der Waals surface area contributed by atoms with Gasteiger partial charge in [-0.3, -0.25) is 24.5 Å². The number of carbonyl (C=O) groups excluding carboxylic acids is 4. The highest BCUT2D eigenvalue weighted by atomic mass is 16.2. The van der Waals surface area contributed by atoms with Crippen LogP contribution in [0.4, 0.5) is 0 Å². The summed E-state index contributed by atoms with van der Waals surface area (Å²) in [7, 11) is 0. The van der Waals surface area contributed by atoms with Crippen molar-refractivity contribution in [3.8, 4) is 5.69 Å². The number of fused-ring (bicyclic) bond motifs is 1. The van der Waals surface area contributed by atoms with Crippen LogP contribution in [0.3, 0.4) is 0 Å². The van der Waals surface area contributed by atoms with Crippen LogP contribution < -0.4 is 10.6 Å². The van der Waals surface area contributed by atoms with Crippen molar-refractivity contribution in [2.45, 2.75) is 65.5 Å². The minimum atomic E-state index is -0.666. The molecule has 2 aliphatic heterocycles. The molecule has 1 saturated heterocycles. The lowest BCUT2D eigenvalue weighted by Crippen LogP contribution is -2.52. The number of allylic oxidation sites excluding steroid dienone is 1. The van der Waals surface area contributed by atoms with Crippen LogP contribution in [-0.2, 0) is 16.1 Å². The third-order valence-electron chi connectivity index (χ3n) is 7.61. The molecule has 10 nitrogen and oxygen atoms in total. The number of aromatic nitrogens is 3. The molecule has 1 aliphatic carbocycles. The van der Waals surface area contributed by atoms with E-state index in [0.717, 1.165) is 18.4 Å². The van der Waals surface area contributed by atoms with Crippen LogP contribution >= 0.6 is 0 Å². The average molecular weight is 491 g/mol. The van der Waals surface area contributed by atoms with E-state index in [1.54, 1.807) is 18.3 Å². The molecular formula is C26H30N6O4. The molecule has 188 valence electrons. The first-order valence-electron chi connectivity index (χ1n) is 12.3. The Morgan fingerprint density at radius 2 is 2.03 bits per heavy atom. The van der Waals surface area contributed by atoms with Gasteiger partial charge in [-0.25, -0.2) is 4.68 Å². The summed E-state index contributed by atoms with van der Waals surface area (Å²) < 4.78 is 1.50. The van der Waals surface area contributed by atoms with Crippen LogP contribution in [0.2, 0.25) is 0 Å². The van der Waals surface area contributed by atoms with Gasteiger partial charge in [0.25, 0.3) is 11.8 Å². The van der Waals surface area contributed by atoms with E-state index < -0.39 is 11.9 Å². The second-order valence-electron chi connectivity index (χ2n) is 10.5. The Morgan fingerprint density at radius 1 is 1.22 bits per heavy atom. The van der Waals surface area contributed by atoms with Gasteiger partial charge in [0.1, 0.15) is 6.04 Å². The van der Waals surface area contributed by atoms with Crippen molar-refractivity contribution in [1.29, 1.82) is 0 Å². The van der Waals surface area contributed by atoms with Crippen LogP contribution in [0.15, 0.2) is 35.5 Å². The zero-order valence-corrected chi connectivity index (χ0v) is 20.8. The maximum absolute atomic E-state index is 12.9. The van der Waals surface area contributed by atoms with Crippen LogP contribution in [0.5, 0.6) is 0 Å². The fourth-order valence-corrected chi connectivity index (χ4v) is 5.52. The summed E-state index contributed by atoms with van der Waals surface area (Å²) in [5.74, 6) is -1.28. The van der Waals surface area contributed by atoms with Crippen molar-refractivity contribution < 1.29 is 19.2 Å². The van der Waals surface area contributed by atoms with Gasteiger partial charge in [-0.15, -0.1) is 5.10 Å². The van der Waals surface area contributed by atoms with Crippen LogP contribution in [0, 0.1) is 5.41 Å². The predicted octanol–water partition coefficient (Wildman–Crippen LogP) is 2.28. The van der Waals surface area contributed by atoms with Gasteiger partial charge in [-0.1, -0.05) is 24.6 Å². The molecule has 5 rings (SSSR count). The van der Waals surface area contributed by atoms with Gasteiger partial charge in [-0.2, -0.15) is 0 Å². The summed E-state index contributed by atoms with van der Waals surface area (Å²) in [5, 5.41) is 13.5. The highest BCUT2D eigenvalue weighted by Gasteiger charge is 2.39. The highest BCUT2D eigenvalue weighted by Crippen LogP contribution is 2.39. The van der Waals surface area contributed by atoms with Gasteiger partial charge in [-0.05, 0) is 67.4 Å². The van der Waals surface area contributed by atoms with Gasteiger partial charge < -0.3 is 10.2 Å². The number of hydrogen-bond donors (Lipinski definition) is 2. The van der Waals surface area contributed by atoms with E-state index in [1.807, 2.05) is 6.07 Å². The van der Waals surface area contributed by atoms with Crippen molar-refractivity contribution >= 4 is 23.6 Å². The number of benzene rings is 1. The molecule has 0 spiro atoms. The Bertz CT molecular complexity index is 1310. The molecule has 1 atom stereocenters. The normalized spacial score (nSPS) is 21.5. The van der Waals surface area contributed by atoms with Gasteiger partial charge >= 0.3 is 0 Å². The minimum absolute atomic E-state index is 0.0663. The molecule has 4 amide bonds. The van der Waals surface area contributed by atoms with Crippen molar-refractivity contribution in [2.75, 3.05) is 6.54 Å². The summed E-state index contributed by atoms with van der Waals surface area (Å²) in [5.41, 5.74) is 4.82. The lowest BCUT2D eigenvalue weighted by atomic mass is 9.73. The standard InChI is InChI=1S/C26H30N6O4/c1-15-5-4-10-26(2,3)19(15)12-27-23(34)20-14-32(30-29-20)17-6-7-18-16(11-17)13-31(25(18)36)21-8-9-22(33)28-24(21)35/h6-7,11,14,21H,4-5,8-10,12-13H2,1-3H3,(H,27,34)(H,28,33,35). The first-order chi connectivity index (χ1) is 17.1. The number of piperidine rings is 1. The van der Waals surface area contributed by atoms with Crippen LogP contribution in [-0.4, -0.2) is 56.1 Å². The maximum atomic E-state index is 12.9. The molecule has 2 aromatic rings. The number of rotatable bonds is 5. The Kier molecular flexibility index (Phi) is 5.97. The predicted molar refractivity (Wildman–Crippen MR) is 130 cm³/mol. The lowest BCUT2D eigenvalue weighted by Gasteiger charge is -2.34. The van der Waals surface area contributed by atoms with Crippen LogP contribution in [0.25, 0.3) is 5.69 Å². The third-order valence-corrected chi connectivity index (χ3v) is 7.61. The summed E-state index contributed by atoms with van der Waals surface area (Å²) >= 11 is 0. The van der Waals surface area contributed by atoms with Gasteiger partial charge in [0, 0.05) is 25.1 Å². The molecule has 1 fully saturated rings. The summed E-state index contributed by atoms with van der Waals surface area (Å²) in [6.07, 6.45) is 5.42. The van der Waals surface area contributed by atoms with E-state index in [1.165, 1.54) is 27.1 Å². The van der Waals surface area contributed by atoms with Crippen molar-refractivity contribution in [2.24, 2.45) is 5.41 Å². The van der Waals surface area contributed by atoms with E-state index >= 15 is 0 Å². The second-order valence-corrected chi connectivity index (χ2v) is 10.5. The zero-order valence-electron chi connectivity index (χ0n) is 20.8. The van der Waals surface area contributed by atoms with E-state index in [-0.39, 0.29) is 41.8 Å². The highest BCUT2D eigenvalue weighted by molar-refractivity contribution is 6.05. The molecule has 1 aromatic carbocycles. The van der Waals surface area contributed by atoms with Crippen molar-refractivity contribution in [1.82, 2.24) is 30.5 Å². The molecular weight excluding hydrogens is 460 g/mol. The number of amides is 4. The van der Waals surface area contributed by atoms with E-state index in [2.05, 4.69) is 41.7 Å². The third kappa shape index (κ3) is 4.31. The van der Waals surface area contributed by atoms with E-state index in [0.29, 0.717) is 24.2 Å². The number of carbonyl (C=O) groups is 4. The number of imide groups is 1. The van der Waals surface area contributed by atoms with Gasteiger partial charge in [0.2, 0.25) is 11.8 Å². The molecule has 2 N–H and O–H groups in total. The first-order valence-corrected chi connectivity index (χ1v) is 12.3. The van der Waals surface area contributed by atoms with E-state index in [9.17, 15) is 19.2 Å². The largest absolute Gasteiger partial charge is 0.347 e. The summed E-state index contributed by atoms with van der Waals surface area (Å²) in [6.45, 7) is 7.32. The van der Waals surface area contributed by atoms with Crippen molar-refractivity contribution in [3.05, 3.63) is 52.4 Å². The Balaban J connectivity index is 1.28. The van der Waals surface area contributed by atoms with Gasteiger partial charge in [0.05, 0.1) is 11.9 Å². The number of nitrogens with zero attached hydrogens (tertiary/aromatic N) is 4. The fraction of sp³-hybridized carbons (Fsp3) is 0.462. The molecule has 0 saturated carbocycles. The number of nitrogens with one attached hydrogen (secondary N) is 2. The zero-order chi connectivity index (χ0) is 25.6. The molecule has 0 bridgehead atoms. The smallest absolute Gasteiger partial charge is 0.273 e. The maximum Gasteiger partial charge on any atom is 0.273 e. The molecule has 36 heavy (non-hydrogen) atoms. The monoisotopic (exact) mass is 490 g/mol. The fourth-order valence-electron chi connectivity index (χ4n) is 5.52. The van der Waals surface area contributed by atoms with Crippen molar-refractivity contribution in [3.63, 3.8) is 0 Å². The molecule has 10 heteroatoms. The molecule has 3 aliphatic rings. The summed E-state index contributed by atoms with van der Waals surface area (Å²) in [6, 6.07) is 4.58. The Labute approximate surface area is 209 Å². The summed E-state index contributed by atoms with van der Waals surface area (Å²) in [4.78, 5) is 50.9. The molecule has 3 heterocycles. The Morgan fingerprint density at radius 3 is 2.78 bits per heavy atom. The molecule has 0 radical (unpaired) electrons. The quantitative estimate of drug-likeness (QED) is 0.489. The molecule has 1 unspecified atom stereocenters. The minimum Gasteiger partial charge on any atom is -0.347 e. The Hall–Kier alpha value is -3.82. The average Bonchev–Trinajstić information content (AvgIpc) is 3.43. The number of hydrogen-bond acceptors (Lipinski definition) is 6. The molecule has 1 aromatic heterocycles.